The number of benzene rings is 1. The van der Waals surface area contributed by atoms with Crippen molar-refractivity contribution in [3.63, 3.8) is 0 Å². The van der Waals surface area contributed by atoms with Crippen LogP contribution < -0.4 is 4.74 Å². The van der Waals surface area contributed by atoms with E-state index in [4.69, 9.17) is 9.47 Å². The number of aliphatic hydroxyl groups is 1. The number of ether oxygens (including phenoxy) is 2. The molecule has 0 aromatic heterocycles. The number of hydrogen-bond acceptors (Lipinski definition) is 6. The van der Waals surface area contributed by atoms with Crippen molar-refractivity contribution < 1.29 is 24.2 Å². The molecule has 0 amide bonds. The van der Waals surface area contributed by atoms with E-state index in [0.717, 1.165) is 24.3 Å². The molecule has 2 bridgehead atoms. The fourth-order valence-electron chi connectivity index (χ4n) is 5.84. The predicted octanol–water partition coefficient (Wildman–Crippen LogP) is 1.86. The largest absolute Gasteiger partial charge is 0.497 e. The molecule has 0 radical (unpaired) electrons. The van der Waals surface area contributed by atoms with Crippen LogP contribution in [0.15, 0.2) is 18.2 Å². The Hall–Kier alpha value is -1.92. The number of nitrogens with zero attached hydrogens (tertiary/aromatic N) is 1. The molecule has 3 aliphatic rings. The van der Waals surface area contributed by atoms with Crippen LogP contribution in [-0.2, 0) is 26.2 Å². The van der Waals surface area contributed by atoms with Gasteiger partial charge in [-0.25, -0.2) is 0 Å². The van der Waals surface area contributed by atoms with E-state index in [2.05, 4.69) is 11.0 Å². The van der Waals surface area contributed by atoms with Gasteiger partial charge >= 0.3 is 5.97 Å². The van der Waals surface area contributed by atoms with Crippen LogP contribution in [0.1, 0.15) is 43.7 Å². The van der Waals surface area contributed by atoms with Gasteiger partial charge in [0.15, 0.2) is 0 Å². The minimum atomic E-state index is -1.05. The molecule has 1 heterocycles. The zero-order chi connectivity index (χ0) is 20.1. The Kier molecular flexibility index (Phi) is 4.74. The third-order valence-electron chi connectivity index (χ3n) is 7.26. The normalized spacial score (nSPS) is 34.4. The molecule has 1 saturated heterocycles. The van der Waals surface area contributed by atoms with Gasteiger partial charge in [-0.05, 0) is 63.0 Å². The first kappa shape index (κ1) is 19.4. The zero-order valence-corrected chi connectivity index (χ0v) is 16.9. The summed E-state index contributed by atoms with van der Waals surface area (Å²) in [6.07, 6.45) is 2.06. The fourth-order valence-corrected chi connectivity index (χ4v) is 5.84. The van der Waals surface area contributed by atoms with Crippen LogP contribution in [0.5, 0.6) is 5.75 Å². The Morgan fingerprint density at radius 1 is 1.39 bits per heavy atom. The summed E-state index contributed by atoms with van der Waals surface area (Å²) in [5.74, 6) is -0.0548. The van der Waals surface area contributed by atoms with Crippen LogP contribution >= 0.6 is 0 Å². The van der Waals surface area contributed by atoms with Crippen molar-refractivity contribution in [2.75, 3.05) is 27.3 Å². The maximum Gasteiger partial charge on any atom is 0.306 e. The zero-order valence-electron chi connectivity index (χ0n) is 16.9. The van der Waals surface area contributed by atoms with Crippen molar-refractivity contribution >= 4 is 11.8 Å². The molecule has 4 atom stereocenters. The Labute approximate surface area is 165 Å². The van der Waals surface area contributed by atoms with Gasteiger partial charge in [0.25, 0.3) is 0 Å². The minimum absolute atomic E-state index is 0.0481. The molecule has 2 fully saturated rings. The summed E-state index contributed by atoms with van der Waals surface area (Å²) in [4.78, 5) is 27.3. The number of likely N-dealkylation sites (N-methyl/N-ethyl adjacent to an activating group) is 1. The number of rotatable bonds is 4. The molecule has 1 saturated carbocycles. The smallest absolute Gasteiger partial charge is 0.306 e. The highest BCUT2D eigenvalue weighted by Gasteiger charge is 2.66. The van der Waals surface area contributed by atoms with Gasteiger partial charge in [-0.3, -0.25) is 9.59 Å². The quantitative estimate of drug-likeness (QED) is 0.795. The van der Waals surface area contributed by atoms with Gasteiger partial charge in [0.2, 0.25) is 0 Å². The maximum absolute atomic E-state index is 13.1. The van der Waals surface area contributed by atoms with E-state index < -0.39 is 16.9 Å². The highest BCUT2D eigenvalue weighted by Crippen LogP contribution is 2.58. The lowest BCUT2D eigenvalue weighted by Crippen LogP contribution is -2.73. The van der Waals surface area contributed by atoms with Gasteiger partial charge in [-0.15, -0.1) is 0 Å². The van der Waals surface area contributed by atoms with Gasteiger partial charge in [0.1, 0.15) is 11.5 Å². The topological polar surface area (TPSA) is 76.1 Å². The van der Waals surface area contributed by atoms with Crippen molar-refractivity contribution in [1.82, 2.24) is 4.90 Å². The Morgan fingerprint density at radius 2 is 2.18 bits per heavy atom. The van der Waals surface area contributed by atoms with Crippen LogP contribution in [0.25, 0.3) is 0 Å². The summed E-state index contributed by atoms with van der Waals surface area (Å²) < 4.78 is 10.5. The molecule has 0 unspecified atom stereocenters. The second-order valence-corrected chi connectivity index (χ2v) is 8.53. The summed E-state index contributed by atoms with van der Waals surface area (Å²) >= 11 is 0. The van der Waals surface area contributed by atoms with Crippen LogP contribution in [0, 0.1) is 5.92 Å². The van der Waals surface area contributed by atoms with E-state index >= 15 is 0 Å². The number of hydrogen-bond donors (Lipinski definition) is 1. The molecule has 152 valence electrons. The predicted molar refractivity (Wildman–Crippen MR) is 103 cm³/mol. The SMILES string of the molecule is CCOC(=O)C[C@H]1C[C@@]2(O)[C@H]3Cc4ccc(OC)cc4[C@@]2(CCN3C)CC1=O. The molecule has 6 nitrogen and oxygen atoms in total. The van der Waals surface area contributed by atoms with E-state index in [1.165, 1.54) is 5.56 Å². The average Bonchev–Trinajstić information content (AvgIpc) is 2.66. The lowest BCUT2D eigenvalue weighted by atomic mass is 9.47. The first-order valence-electron chi connectivity index (χ1n) is 10.1. The number of carbonyl (C=O) groups excluding carboxylic acids is 2. The molecule has 1 aromatic carbocycles. The highest BCUT2D eigenvalue weighted by atomic mass is 16.5. The van der Waals surface area contributed by atoms with Crippen molar-refractivity contribution in [1.29, 1.82) is 0 Å². The molecular formula is C22H29NO5. The van der Waals surface area contributed by atoms with Crippen LogP contribution in [-0.4, -0.2) is 60.7 Å². The average molecular weight is 387 g/mol. The minimum Gasteiger partial charge on any atom is -0.497 e. The second-order valence-electron chi connectivity index (χ2n) is 8.53. The molecule has 1 aliphatic heterocycles. The summed E-state index contributed by atoms with van der Waals surface area (Å²) in [5, 5.41) is 12.1. The molecular weight excluding hydrogens is 358 g/mol. The van der Waals surface area contributed by atoms with Crippen LogP contribution in [0.4, 0.5) is 0 Å². The number of esters is 1. The lowest BCUT2D eigenvalue weighted by molar-refractivity contribution is -0.180. The van der Waals surface area contributed by atoms with Gasteiger partial charge < -0.3 is 19.5 Å². The van der Waals surface area contributed by atoms with Gasteiger partial charge in [-0.1, -0.05) is 6.07 Å². The standard InChI is InChI=1S/C22H29NO5/c1-4-28-20(25)10-15-12-22(26)19-9-14-5-6-16(27-3)11-17(14)21(22,13-18(15)24)7-8-23(19)2/h5-6,11,15,19,26H,4,7-10,12-13H2,1-3H3/t15-,19+,21+,22+/m0/s1. The number of methoxy groups -OCH3 is 1. The Morgan fingerprint density at radius 3 is 2.89 bits per heavy atom. The maximum atomic E-state index is 13.1. The van der Waals surface area contributed by atoms with Crippen molar-refractivity contribution in [2.24, 2.45) is 5.92 Å². The van der Waals surface area contributed by atoms with Gasteiger partial charge in [0.05, 0.1) is 25.7 Å². The lowest BCUT2D eigenvalue weighted by Gasteiger charge is -2.63. The number of likely N-dealkylation sites (tertiary alicyclic amines) is 1. The van der Waals surface area contributed by atoms with Crippen LogP contribution in [0.3, 0.4) is 0 Å². The summed E-state index contributed by atoms with van der Waals surface area (Å²) in [6, 6.07) is 5.95. The van der Waals surface area contributed by atoms with Crippen molar-refractivity contribution in [3.8, 4) is 5.75 Å². The number of Topliss-reactive ketones (excluding diaryl/α,β-unsaturated/α-hetero) is 1. The number of carbonyl (C=O) groups is 2. The van der Waals surface area contributed by atoms with Gasteiger partial charge in [0, 0.05) is 23.8 Å². The monoisotopic (exact) mass is 387 g/mol. The molecule has 0 spiro atoms. The first-order valence-corrected chi connectivity index (χ1v) is 10.1. The third-order valence-corrected chi connectivity index (χ3v) is 7.26. The molecule has 4 rings (SSSR count). The fraction of sp³-hybridized carbons (Fsp3) is 0.636. The first-order chi connectivity index (χ1) is 13.3. The van der Waals surface area contributed by atoms with Crippen molar-refractivity contribution in [2.45, 2.75) is 56.1 Å². The molecule has 6 heteroatoms. The molecule has 2 aliphatic carbocycles. The number of fused-ring (bicyclic) bond motifs is 1. The van der Waals surface area contributed by atoms with Crippen molar-refractivity contribution in [3.05, 3.63) is 29.3 Å². The van der Waals surface area contributed by atoms with E-state index in [1.54, 1.807) is 14.0 Å². The van der Waals surface area contributed by atoms with E-state index in [1.807, 2.05) is 19.2 Å². The van der Waals surface area contributed by atoms with E-state index in [-0.39, 0.29) is 30.6 Å². The molecule has 28 heavy (non-hydrogen) atoms. The van der Waals surface area contributed by atoms with E-state index in [0.29, 0.717) is 19.4 Å². The van der Waals surface area contributed by atoms with Gasteiger partial charge in [-0.2, -0.15) is 0 Å². The summed E-state index contributed by atoms with van der Waals surface area (Å²) in [5.41, 5.74) is 0.555. The highest BCUT2D eigenvalue weighted by molar-refractivity contribution is 5.88. The molecule has 1 N–H and O–H groups in total. The second kappa shape index (κ2) is 6.85. The molecule has 1 aromatic rings. The van der Waals surface area contributed by atoms with E-state index in [9.17, 15) is 14.7 Å². The Bertz CT molecular complexity index is 808. The third kappa shape index (κ3) is 2.69. The number of ketones is 1. The summed E-state index contributed by atoms with van der Waals surface area (Å²) in [6.45, 7) is 2.89. The van der Waals surface area contributed by atoms with Crippen LogP contribution in [0.2, 0.25) is 0 Å². The Balaban J connectivity index is 1.78. The number of piperidine rings is 1. The summed E-state index contributed by atoms with van der Waals surface area (Å²) in [7, 11) is 3.67.